The molecule has 0 amide bonds. The molecule has 0 fully saturated rings. The van der Waals surface area contributed by atoms with Gasteiger partial charge in [0.15, 0.2) is 5.11 Å². The molecule has 0 unspecified atom stereocenters. The minimum absolute atomic E-state index is 0.000337. The Kier molecular flexibility index (Phi) is 4.99. The summed E-state index contributed by atoms with van der Waals surface area (Å²) in [6.45, 7) is 2.27. The predicted octanol–water partition coefficient (Wildman–Crippen LogP) is 1.11. The quantitative estimate of drug-likeness (QED) is 0.826. The van der Waals surface area contributed by atoms with Crippen molar-refractivity contribution in [3.05, 3.63) is 46.4 Å². The minimum atomic E-state index is -0.161. The molecule has 0 aliphatic rings. The van der Waals surface area contributed by atoms with Crippen LogP contribution < -0.4 is 10.9 Å². The summed E-state index contributed by atoms with van der Waals surface area (Å²) in [5.41, 5.74) is 1.86. The second-order valence-corrected chi connectivity index (χ2v) is 5.40. The number of nitrogens with zero attached hydrogens (tertiary/aromatic N) is 3. The number of aliphatic hydroxyl groups is 1. The summed E-state index contributed by atoms with van der Waals surface area (Å²) in [7, 11) is 3.59. The van der Waals surface area contributed by atoms with Crippen LogP contribution in [0, 0.1) is 6.92 Å². The Morgan fingerprint density at radius 2 is 2.00 bits per heavy atom. The molecule has 22 heavy (non-hydrogen) atoms. The summed E-state index contributed by atoms with van der Waals surface area (Å²) >= 11 is 5.26. The molecule has 118 valence electrons. The number of hydrogen-bond donors (Lipinski definition) is 2. The van der Waals surface area contributed by atoms with Gasteiger partial charge >= 0.3 is 0 Å². The topological polar surface area (TPSA) is 62.4 Å². The van der Waals surface area contributed by atoms with E-state index >= 15 is 0 Å². The third-order valence-corrected chi connectivity index (χ3v) is 3.98. The minimum Gasteiger partial charge on any atom is -0.395 e. The van der Waals surface area contributed by atoms with Crippen molar-refractivity contribution in [3.63, 3.8) is 0 Å². The van der Waals surface area contributed by atoms with Crippen molar-refractivity contribution < 1.29 is 5.11 Å². The fraction of sp³-hybridized carbons (Fsp3) is 0.333. The first-order chi connectivity index (χ1) is 10.5. The van der Waals surface area contributed by atoms with Gasteiger partial charge in [-0.05, 0) is 31.3 Å². The molecule has 6 nitrogen and oxygen atoms in total. The Labute approximate surface area is 134 Å². The van der Waals surface area contributed by atoms with Crippen molar-refractivity contribution in [2.75, 3.05) is 25.5 Å². The number of anilines is 1. The normalized spacial score (nSPS) is 10.5. The van der Waals surface area contributed by atoms with E-state index in [2.05, 4.69) is 5.32 Å². The maximum absolute atomic E-state index is 12.7. The lowest BCUT2D eigenvalue weighted by Gasteiger charge is -2.19. The van der Waals surface area contributed by atoms with E-state index in [1.165, 1.54) is 0 Å². The summed E-state index contributed by atoms with van der Waals surface area (Å²) in [6.07, 6.45) is 0. The van der Waals surface area contributed by atoms with Gasteiger partial charge in [-0.3, -0.25) is 9.48 Å². The number of rotatable bonds is 4. The van der Waals surface area contributed by atoms with Gasteiger partial charge in [-0.15, -0.1) is 0 Å². The Bertz CT molecular complexity index is 721. The summed E-state index contributed by atoms with van der Waals surface area (Å²) in [4.78, 5) is 14.4. The van der Waals surface area contributed by atoms with Crippen molar-refractivity contribution in [3.8, 4) is 5.69 Å². The maximum atomic E-state index is 12.7. The standard InChI is InChI=1S/C15H20N4O2S/c1-11-13(16-15(22)17(2)9-10-20)14(21)19(18(11)3)12-7-5-4-6-8-12/h4-8,20H,9-10H2,1-3H3,(H,16,22). The fourth-order valence-electron chi connectivity index (χ4n) is 2.17. The SMILES string of the molecule is Cc1c(NC(=S)N(C)CCO)c(=O)n(-c2ccccc2)n1C. The van der Waals surface area contributed by atoms with Crippen molar-refractivity contribution in [1.82, 2.24) is 14.3 Å². The van der Waals surface area contributed by atoms with Crippen LogP contribution in [-0.2, 0) is 7.05 Å². The first-order valence-electron chi connectivity index (χ1n) is 6.94. The van der Waals surface area contributed by atoms with Gasteiger partial charge in [0.05, 0.1) is 18.0 Å². The van der Waals surface area contributed by atoms with Gasteiger partial charge in [0, 0.05) is 20.6 Å². The van der Waals surface area contributed by atoms with Crippen molar-refractivity contribution in [2.45, 2.75) is 6.92 Å². The van der Waals surface area contributed by atoms with Crippen LogP contribution in [0.2, 0.25) is 0 Å². The number of likely N-dealkylation sites (N-methyl/N-ethyl adjacent to an activating group) is 1. The molecule has 7 heteroatoms. The second-order valence-electron chi connectivity index (χ2n) is 5.01. The Morgan fingerprint density at radius 1 is 1.36 bits per heavy atom. The Balaban J connectivity index is 2.39. The van der Waals surface area contributed by atoms with Gasteiger partial charge in [-0.1, -0.05) is 18.2 Å². The molecular weight excluding hydrogens is 300 g/mol. The highest BCUT2D eigenvalue weighted by Crippen LogP contribution is 2.14. The zero-order valence-corrected chi connectivity index (χ0v) is 13.7. The number of aromatic nitrogens is 2. The lowest BCUT2D eigenvalue weighted by molar-refractivity contribution is 0.265. The monoisotopic (exact) mass is 320 g/mol. The van der Waals surface area contributed by atoms with Crippen LogP contribution in [0.4, 0.5) is 5.69 Å². The molecule has 2 aromatic rings. The molecule has 1 heterocycles. The zero-order valence-electron chi connectivity index (χ0n) is 12.9. The number of nitrogens with one attached hydrogen (secondary N) is 1. The highest BCUT2D eigenvalue weighted by molar-refractivity contribution is 7.80. The van der Waals surface area contributed by atoms with E-state index in [1.54, 1.807) is 21.3 Å². The van der Waals surface area contributed by atoms with Crippen LogP contribution in [0.25, 0.3) is 5.69 Å². The van der Waals surface area contributed by atoms with Crippen molar-refractivity contribution in [2.24, 2.45) is 7.05 Å². The van der Waals surface area contributed by atoms with Crippen molar-refractivity contribution >= 4 is 23.0 Å². The summed E-state index contributed by atoms with van der Waals surface area (Å²) < 4.78 is 3.38. The Morgan fingerprint density at radius 3 is 2.59 bits per heavy atom. The first-order valence-corrected chi connectivity index (χ1v) is 7.35. The second kappa shape index (κ2) is 6.76. The molecular formula is C15H20N4O2S. The van der Waals surface area contributed by atoms with Crippen LogP contribution in [0.5, 0.6) is 0 Å². The van der Waals surface area contributed by atoms with Crippen LogP contribution in [0.1, 0.15) is 5.69 Å². The number of para-hydroxylation sites is 1. The molecule has 0 spiro atoms. The molecule has 0 saturated heterocycles. The fourth-order valence-corrected chi connectivity index (χ4v) is 2.36. The lowest BCUT2D eigenvalue weighted by Crippen LogP contribution is -2.34. The highest BCUT2D eigenvalue weighted by Gasteiger charge is 2.17. The zero-order chi connectivity index (χ0) is 16.3. The number of benzene rings is 1. The Hall–Kier alpha value is -2.12. The maximum Gasteiger partial charge on any atom is 0.295 e. The third-order valence-electron chi connectivity index (χ3n) is 3.57. The van der Waals surface area contributed by atoms with Gasteiger partial charge in [0.25, 0.3) is 5.56 Å². The van der Waals surface area contributed by atoms with Crippen LogP contribution >= 0.6 is 12.2 Å². The molecule has 0 saturated carbocycles. The molecule has 1 aromatic carbocycles. The first kappa shape index (κ1) is 16.3. The van der Waals surface area contributed by atoms with Crippen LogP contribution in [0.15, 0.2) is 35.1 Å². The average molecular weight is 320 g/mol. The lowest BCUT2D eigenvalue weighted by atomic mass is 10.3. The van der Waals surface area contributed by atoms with E-state index in [1.807, 2.05) is 44.3 Å². The van der Waals surface area contributed by atoms with Crippen LogP contribution in [0.3, 0.4) is 0 Å². The predicted molar refractivity (Wildman–Crippen MR) is 91.7 cm³/mol. The van der Waals surface area contributed by atoms with E-state index in [0.717, 1.165) is 11.4 Å². The number of hydrogen-bond acceptors (Lipinski definition) is 3. The highest BCUT2D eigenvalue weighted by atomic mass is 32.1. The van der Waals surface area contributed by atoms with Crippen LogP contribution in [-0.4, -0.2) is 44.7 Å². The third kappa shape index (κ3) is 3.05. The molecule has 0 bridgehead atoms. The molecule has 2 N–H and O–H groups in total. The van der Waals surface area contributed by atoms with E-state index in [4.69, 9.17) is 17.3 Å². The van der Waals surface area contributed by atoms with Gasteiger partial charge < -0.3 is 15.3 Å². The van der Waals surface area contributed by atoms with E-state index < -0.39 is 0 Å². The van der Waals surface area contributed by atoms with Gasteiger partial charge in [-0.2, -0.15) is 0 Å². The summed E-state index contributed by atoms with van der Waals surface area (Å²) in [5.74, 6) is 0. The average Bonchev–Trinajstić information content (AvgIpc) is 2.72. The molecule has 0 radical (unpaired) electrons. The molecule has 0 aliphatic heterocycles. The number of aliphatic hydroxyl groups excluding tert-OH is 1. The molecule has 2 rings (SSSR count). The van der Waals surface area contributed by atoms with Crippen molar-refractivity contribution in [1.29, 1.82) is 0 Å². The van der Waals surface area contributed by atoms with Gasteiger partial charge in [0.1, 0.15) is 5.69 Å². The van der Waals surface area contributed by atoms with Gasteiger partial charge in [-0.25, -0.2) is 4.68 Å². The van der Waals surface area contributed by atoms with E-state index in [0.29, 0.717) is 17.3 Å². The number of thiocarbonyl (C=S) groups is 1. The molecule has 0 aliphatic carbocycles. The van der Waals surface area contributed by atoms with Gasteiger partial charge in [0.2, 0.25) is 0 Å². The van der Waals surface area contributed by atoms with E-state index in [-0.39, 0.29) is 12.2 Å². The van der Waals surface area contributed by atoms with E-state index in [9.17, 15) is 4.79 Å². The smallest absolute Gasteiger partial charge is 0.295 e. The molecule has 1 aromatic heterocycles. The molecule has 0 atom stereocenters. The largest absolute Gasteiger partial charge is 0.395 e. The summed E-state index contributed by atoms with van der Waals surface area (Å²) in [5, 5.41) is 12.3. The summed E-state index contributed by atoms with van der Waals surface area (Å²) in [6, 6.07) is 9.43.